The monoisotopic (exact) mass is 316 g/mol. The van der Waals surface area contributed by atoms with Crippen molar-refractivity contribution in [3.63, 3.8) is 0 Å². The van der Waals surface area contributed by atoms with Gasteiger partial charge >= 0.3 is 0 Å². The summed E-state index contributed by atoms with van der Waals surface area (Å²) in [5.41, 5.74) is 4.03. The van der Waals surface area contributed by atoms with Gasteiger partial charge < -0.3 is 25.6 Å². The molecule has 124 valence electrons. The predicted octanol–water partition coefficient (Wildman–Crippen LogP) is 2.90. The molecule has 0 radical (unpaired) electrons. The third-order valence-electron chi connectivity index (χ3n) is 3.39. The van der Waals surface area contributed by atoms with Gasteiger partial charge in [0.25, 0.3) is 0 Å². The summed E-state index contributed by atoms with van der Waals surface area (Å²) in [4.78, 5) is 0. The molecule has 0 unspecified atom stereocenters. The highest BCUT2D eigenvalue weighted by Gasteiger charge is 2.07. The van der Waals surface area contributed by atoms with E-state index in [4.69, 9.17) is 9.84 Å². The van der Waals surface area contributed by atoms with Gasteiger partial charge in [0, 0.05) is 13.1 Å². The number of benzene rings is 2. The van der Waals surface area contributed by atoms with Crippen molar-refractivity contribution < 1.29 is 14.9 Å². The minimum absolute atomic E-state index is 0.0628. The van der Waals surface area contributed by atoms with Crippen LogP contribution in [0.25, 0.3) is 0 Å². The SMILES string of the molecule is Cc1ccc(NCCO)c(O)c1.Cc1ccc2c(c1)OCCN2. The average molecular weight is 316 g/mol. The van der Waals surface area contributed by atoms with Crippen LogP contribution in [0.4, 0.5) is 11.4 Å². The van der Waals surface area contributed by atoms with Gasteiger partial charge in [-0.2, -0.15) is 0 Å². The highest BCUT2D eigenvalue weighted by molar-refractivity contribution is 5.58. The molecule has 1 aliphatic rings. The second-order valence-electron chi connectivity index (χ2n) is 5.45. The van der Waals surface area contributed by atoms with Crippen molar-refractivity contribution in [1.82, 2.24) is 0 Å². The number of nitrogens with one attached hydrogen (secondary N) is 2. The summed E-state index contributed by atoms with van der Waals surface area (Å²) in [5, 5.41) is 24.1. The topological polar surface area (TPSA) is 73.8 Å². The number of anilines is 2. The van der Waals surface area contributed by atoms with Crippen molar-refractivity contribution >= 4 is 11.4 Å². The number of hydrogen-bond donors (Lipinski definition) is 4. The van der Waals surface area contributed by atoms with Gasteiger partial charge in [0.05, 0.1) is 18.0 Å². The van der Waals surface area contributed by atoms with Crippen molar-refractivity contribution in [3.8, 4) is 11.5 Å². The van der Waals surface area contributed by atoms with E-state index in [1.807, 2.05) is 13.0 Å². The summed E-state index contributed by atoms with van der Waals surface area (Å²) in [5.74, 6) is 1.21. The van der Waals surface area contributed by atoms with E-state index in [1.165, 1.54) is 5.56 Å². The number of fused-ring (bicyclic) bond motifs is 1. The molecule has 5 nitrogen and oxygen atoms in total. The maximum Gasteiger partial charge on any atom is 0.142 e. The second-order valence-corrected chi connectivity index (χ2v) is 5.45. The minimum Gasteiger partial charge on any atom is -0.506 e. The fraction of sp³-hybridized carbons (Fsp3) is 0.333. The molecule has 0 spiro atoms. The third kappa shape index (κ3) is 5.07. The Balaban J connectivity index is 0.000000167. The van der Waals surface area contributed by atoms with Gasteiger partial charge in [0.1, 0.15) is 18.1 Å². The summed E-state index contributed by atoms with van der Waals surface area (Å²) >= 11 is 0. The second kappa shape index (κ2) is 8.29. The molecule has 0 fully saturated rings. The Morgan fingerprint density at radius 1 is 1.13 bits per heavy atom. The Labute approximate surface area is 136 Å². The molecule has 0 aromatic heterocycles. The summed E-state index contributed by atoms with van der Waals surface area (Å²) in [7, 11) is 0. The van der Waals surface area contributed by atoms with Gasteiger partial charge in [-0.3, -0.25) is 0 Å². The van der Waals surface area contributed by atoms with Crippen LogP contribution in [0.1, 0.15) is 11.1 Å². The first kappa shape index (κ1) is 17.0. The average Bonchev–Trinajstić information content (AvgIpc) is 2.54. The number of phenols is 1. The van der Waals surface area contributed by atoms with Gasteiger partial charge in [0.2, 0.25) is 0 Å². The van der Waals surface area contributed by atoms with Gasteiger partial charge in [-0.25, -0.2) is 0 Å². The minimum atomic E-state index is 0.0628. The lowest BCUT2D eigenvalue weighted by molar-refractivity contribution is 0.311. The van der Waals surface area contributed by atoms with Crippen LogP contribution in [0.3, 0.4) is 0 Å². The number of hydrogen-bond acceptors (Lipinski definition) is 5. The highest BCUT2D eigenvalue weighted by Crippen LogP contribution is 2.27. The van der Waals surface area contributed by atoms with Gasteiger partial charge in [-0.15, -0.1) is 0 Å². The van der Waals surface area contributed by atoms with Gasteiger partial charge in [-0.1, -0.05) is 12.1 Å². The molecule has 0 saturated carbocycles. The lowest BCUT2D eigenvalue weighted by Gasteiger charge is -2.18. The normalized spacial score (nSPS) is 12.1. The van der Waals surface area contributed by atoms with E-state index >= 15 is 0 Å². The molecule has 2 aromatic carbocycles. The summed E-state index contributed by atoms with van der Waals surface area (Å²) in [6.45, 7) is 6.18. The van der Waals surface area contributed by atoms with Crippen LogP contribution in [0, 0.1) is 13.8 Å². The Morgan fingerprint density at radius 3 is 2.61 bits per heavy atom. The molecule has 0 aliphatic carbocycles. The molecule has 5 heteroatoms. The Bertz CT molecular complexity index is 644. The molecule has 1 aliphatic heterocycles. The summed E-state index contributed by atoms with van der Waals surface area (Å²) in [6.07, 6.45) is 0. The van der Waals surface area contributed by atoms with Crippen molar-refractivity contribution in [2.75, 3.05) is 36.9 Å². The quantitative estimate of drug-likeness (QED) is 0.655. The number of rotatable bonds is 3. The predicted molar refractivity (Wildman–Crippen MR) is 93.6 cm³/mol. The van der Waals surface area contributed by atoms with Crippen molar-refractivity contribution in [3.05, 3.63) is 47.5 Å². The Kier molecular flexibility index (Phi) is 6.11. The Morgan fingerprint density at radius 2 is 1.87 bits per heavy atom. The molecule has 0 atom stereocenters. The zero-order valence-electron chi connectivity index (χ0n) is 13.6. The molecule has 0 saturated heterocycles. The van der Waals surface area contributed by atoms with E-state index in [0.29, 0.717) is 12.2 Å². The number of ether oxygens (including phenoxy) is 1. The van der Waals surface area contributed by atoms with Crippen LogP contribution < -0.4 is 15.4 Å². The maximum atomic E-state index is 9.37. The fourth-order valence-electron chi connectivity index (χ4n) is 2.22. The molecule has 3 rings (SSSR count). The molecule has 23 heavy (non-hydrogen) atoms. The van der Waals surface area contributed by atoms with E-state index < -0.39 is 0 Å². The zero-order valence-corrected chi connectivity index (χ0v) is 13.6. The van der Waals surface area contributed by atoms with Gasteiger partial charge in [0.15, 0.2) is 0 Å². The smallest absolute Gasteiger partial charge is 0.142 e. The van der Waals surface area contributed by atoms with E-state index in [2.05, 4.69) is 35.8 Å². The number of aryl methyl sites for hydroxylation is 2. The molecular formula is C18H24N2O3. The lowest BCUT2D eigenvalue weighted by atomic mass is 10.2. The Hall–Kier alpha value is -2.40. The van der Waals surface area contributed by atoms with Crippen LogP contribution in [0.15, 0.2) is 36.4 Å². The first-order valence-corrected chi connectivity index (χ1v) is 7.72. The number of phenolic OH excluding ortho intramolecular Hbond substituents is 1. The van der Waals surface area contributed by atoms with Crippen molar-refractivity contribution in [1.29, 1.82) is 0 Å². The number of aromatic hydroxyl groups is 1. The summed E-state index contributed by atoms with van der Waals surface area (Å²) in [6, 6.07) is 11.6. The van der Waals surface area contributed by atoms with Crippen LogP contribution >= 0.6 is 0 Å². The van der Waals surface area contributed by atoms with Crippen molar-refractivity contribution in [2.24, 2.45) is 0 Å². The molecule has 2 aromatic rings. The van der Waals surface area contributed by atoms with E-state index in [-0.39, 0.29) is 12.4 Å². The van der Waals surface area contributed by atoms with Crippen LogP contribution in [0.5, 0.6) is 11.5 Å². The standard InChI is InChI=1S/C9H13NO2.C9H11NO/c1-7-2-3-8(9(12)6-7)10-4-5-11;1-7-2-3-8-9(6-7)11-5-4-10-8/h2-3,6,10-12H,4-5H2,1H3;2-3,6,10H,4-5H2,1H3. The fourth-order valence-corrected chi connectivity index (χ4v) is 2.22. The molecule has 0 amide bonds. The summed E-state index contributed by atoms with van der Waals surface area (Å²) < 4.78 is 5.44. The number of aliphatic hydroxyl groups is 1. The van der Waals surface area contributed by atoms with Crippen LogP contribution in [-0.2, 0) is 0 Å². The van der Waals surface area contributed by atoms with Gasteiger partial charge in [-0.05, 0) is 49.2 Å². The van der Waals surface area contributed by atoms with Crippen LogP contribution in [-0.4, -0.2) is 36.5 Å². The first-order chi connectivity index (χ1) is 11.1. The van der Waals surface area contributed by atoms with E-state index in [9.17, 15) is 5.11 Å². The lowest BCUT2D eigenvalue weighted by Crippen LogP contribution is -2.17. The van der Waals surface area contributed by atoms with Crippen molar-refractivity contribution in [2.45, 2.75) is 13.8 Å². The maximum absolute atomic E-state index is 9.37. The largest absolute Gasteiger partial charge is 0.506 e. The molecule has 1 heterocycles. The highest BCUT2D eigenvalue weighted by atomic mass is 16.5. The zero-order chi connectivity index (χ0) is 16.7. The van der Waals surface area contributed by atoms with E-state index in [1.54, 1.807) is 12.1 Å². The van der Waals surface area contributed by atoms with Crippen LogP contribution in [0.2, 0.25) is 0 Å². The molecule has 0 bridgehead atoms. The molecule has 4 N–H and O–H groups in total. The third-order valence-corrected chi connectivity index (χ3v) is 3.39. The number of aliphatic hydroxyl groups excluding tert-OH is 1. The molecular weight excluding hydrogens is 292 g/mol. The first-order valence-electron chi connectivity index (χ1n) is 7.72. The van der Waals surface area contributed by atoms with E-state index in [0.717, 1.165) is 30.2 Å².